The first-order chi connectivity index (χ1) is 9.17. The van der Waals surface area contributed by atoms with Gasteiger partial charge >= 0.3 is 0 Å². The van der Waals surface area contributed by atoms with E-state index in [1.165, 1.54) is 6.07 Å². The molecule has 0 fully saturated rings. The first-order valence-corrected chi connectivity index (χ1v) is 5.66. The molecule has 2 N–H and O–H groups in total. The lowest BCUT2D eigenvalue weighted by Crippen LogP contribution is -1.95. The molecule has 19 heavy (non-hydrogen) atoms. The van der Waals surface area contributed by atoms with Gasteiger partial charge in [-0.05, 0) is 18.2 Å². The van der Waals surface area contributed by atoms with E-state index in [-0.39, 0.29) is 0 Å². The monoisotopic (exact) mass is 260 g/mol. The zero-order chi connectivity index (χ0) is 13.4. The summed E-state index contributed by atoms with van der Waals surface area (Å²) in [5, 5.41) is 0. The van der Waals surface area contributed by atoms with Crippen molar-refractivity contribution >= 4 is 5.65 Å². The van der Waals surface area contributed by atoms with Gasteiger partial charge in [-0.15, -0.1) is 0 Å². The Bertz CT molecular complexity index is 751. The molecule has 96 valence electrons. The number of fused-ring (bicyclic) bond motifs is 1. The molecule has 0 saturated heterocycles. The largest absolute Gasteiger partial charge is 0.325 e. The highest BCUT2D eigenvalue weighted by Gasteiger charge is 2.07. The van der Waals surface area contributed by atoms with E-state index in [2.05, 4.69) is 9.97 Å². The van der Waals surface area contributed by atoms with Crippen LogP contribution in [-0.2, 0) is 6.54 Å². The lowest BCUT2D eigenvalue weighted by molar-refractivity contribution is 0.509. The zero-order valence-electron chi connectivity index (χ0n) is 9.85. The van der Waals surface area contributed by atoms with Crippen LogP contribution in [0.5, 0.6) is 0 Å². The second kappa shape index (κ2) is 4.40. The van der Waals surface area contributed by atoms with Crippen molar-refractivity contribution in [3.63, 3.8) is 0 Å². The van der Waals surface area contributed by atoms with Gasteiger partial charge in [0.15, 0.2) is 11.6 Å². The van der Waals surface area contributed by atoms with Crippen LogP contribution in [-0.4, -0.2) is 14.4 Å². The van der Waals surface area contributed by atoms with E-state index < -0.39 is 11.6 Å². The van der Waals surface area contributed by atoms with E-state index in [0.717, 1.165) is 17.8 Å². The Labute approximate surface area is 107 Å². The minimum Gasteiger partial charge on any atom is -0.325 e. The van der Waals surface area contributed by atoms with Gasteiger partial charge in [0.05, 0.1) is 11.4 Å². The van der Waals surface area contributed by atoms with E-state index >= 15 is 0 Å². The van der Waals surface area contributed by atoms with Gasteiger partial charge in [-0.1, -0.05) is 0 Å². The molecule has 3 rings (SSSR count). The van der Waals surface area contributed by atoms with Crippen LogP contribution in [0.2, 0.25) is 0 Å². The van der Waals surface area contributed by atoms with Gasteiger partial charge in [-0.3, -0.25) is 4.40 Å². The van der Waals surface area contributed by atoms with Crippen LogP contribution in [0.3, 0.4) is 0 Å². The van der Waals surface area contributed by atoms with Crippen molar-refractivity contribution in [2.75, 3.05) is 0 Å². The van der Waals surface area contributed by atoms with Gasteiger partial charge in [0, 0.05) is 24.4 Å². The zero-order valence-corrected chi connectivity index (χ0v) is 9.85. The molecule has 2 aromatic heterocycles. The number of rotatable bonds is 2. The summed E-state index contributed by atoms with van der Waals surface area (Å²) in [7, 11) is 0. The maximum Gasteiger partial charge on any atom is 0.159 e. The second-order valence-electron chi connectivity index (χ2n) is 4.10. The van der Waals surface area contributed by atoms with Gasteiger partial charge in [0.1, 0.15) is 12.0 Å². The lowest BCUT2D eigenvalue weighted by Gasteiger charge is -2.02. The maximum atomic E-state index is 13.2. The highest BCUT2D eigenvalue weighted by atomic mass is 19.2. The van der Waals surface area contributed by atoms with Crippen LogP contribution in [0, 0.1) is 11.6 Å². The summed E-state index contributed by atoms with van der Waals surface area (Å²) in [6.07, 6.45) is 3.34. The fourth-order valence-electron chi connectivity index (χ4n) is 1.86. The number of benzene rings is 1. The summed E-state index contributed by atoms with van der Waals surface area (Å²) in [6, 6.07) is 5.37. The Hall–Kier alpha value is -2.34. The van der Waals surface area contributed by atoms with Crippen LogP contribution in [0.4, 0.5) is 8.78 Å². The van der Waals surface area contributed by atoms with Gasteiger partial charge in [-0.25, -0.2) is 18.7 Å². The fraction of sp³-hybridized carbons (Fsp3) is 0.0769. The minimum atomic E-state index is -0.898. The van der Waals surface area contributed by atoms with Crippen molar-refractivity contribution in [3.05, 3.63) is 54.1 Å². The third kappa shape index (κ3) is 2.06. The number of halogens is 2. The number of imidazole rings is 1. The van der Waals surface area contributed by atoms with Crippen molar-refractivity contribution in [1.82, 2.24) is 14.4 Å². The lowest BCUT2D eigenvalue weighted by atomic mass is 10.1. The number of nitrogens with two attached hydrogens (primary N) is 1. The summed E-state index contributed by atoms with van der Waals surface area (Å²) in [5.41, 5.74) is 7.94. The molecule has 0 radical (unpaired) electrons. The molecule has 0 unspecified atom stereocenters. The molecule has 6 heteroatoms. The Morgan fingerprint density at radius 3 is 2.74 bits per heavy atom. The Kier molecular flexibility index (Phi) is 2.72. The third-order valence-electron chi connectivity index (χ3n) is 2.82. The first kappa shape index (κ1) is 11.7. The summed E-state index contributed by atoms with van der Waals surface area (Å²) in [5.74, 6) is -1.78. The summed E-state index contributed by atoms with van der Waals surface area (Å²) in [6.45, 7) is 0.336. The van der Waals surface area contributed by atoms with Crippen LogP contribution < -0.4 is 5.73 Å². The fourth-order valence-corrected chi connectivity index (χ4v) is 1.86. The summed E-state index contributed by atoms with van der Waals surface area (Å²) in [4.78, 5) is 8.48. The topological polar surface area (TPSA) is 56.2 Å². The molecular formula is C13H10F2N4. The van der Waals surface area contributed by atoms with E-state index in [1.54, 1.807) is 23.0 Å². The molecular weight excluding hydrogens is 250 g/mol. The highest BCUT2D eigenvalue weighted by molar-refractivity contribution is 5.63. The summed E-state index contributed by atoms with van der Waals surface area (Å²) < 4.78 is 27.8. The quantitative estimate of drug-likeness (QED) is 0.768. The van der Waals surface area contributed by atoms with Gasteiger partial charge < -0.3 is 5.73 Å². The van der Waals surface area contributed by atoms with Gasteiger partial charge in [-0.2, -0.15) is 0 Å². The number of hydrogen-bond donors (Lipinski definition) is 1. The number of nitrogens with zero attached hydrogens (tertiary/aromatic N) is 3. The number of hydrogen-bond acceptors (Lipinski definition) is 3. The molecule has 0 saturated carbocycles. The van der Waals surface area contributed by atoms with Crippen molar-refractivity contribution in [3.8, 4) is 11.3 Å². The van der Waals surface area contributed by atoms with E-state index in [4.69, 9.17) is 5.73 Å². The normalized spacial score (nSPS) is 11.1. The third-order valence-corrected chi connectivity index (χ3v) is 2.82. The van der Waals surface area contributed by atoms with Crippen molar-refractivity contribution in [1.29, 1.82) is 0 Å². The van der Waals surface area contributed by atoms with Crippen LogP contribution in [0.1, 0.15) is 5.69 Å². The number of aromatic nitrogens is 3. The standard InChI is InChI=1S/C13H10F2N4/c14-10-2-1-8(3-11(10)15)12-4-13-18-9(5-16)6-19(13)7-17-12/h1-4,6-7H,5,16H2. The molecule has 0 aliphatic carbocycles. The van der Waals surface area contributed by atoms with E-state index in [9.17, 15) is 8.78 Å². The van der Waals surface area contributed by atoms with Crippen LogP contribution in [0.15, 0.2) is 36.8 Å². The molecule has 0 aliphatic heterocycles. The predicted molar refractivity (Wildman–Crippen MR) is 66.2 cm³/mol. The predicted octanol–water partition coefficient (Wildman–Crippen LogP) is 2.13. The SMILES string of the molecule is NCc1cn2cnc(-c3ccc(F)c(F)c3)cc2n1. The van der Waals surface area contributed by atoms with Gasteiger partial charge in [0.25, 0.3) is 0 Å². The molecule has 0 aliphatic rings. The smallest absolute Gasteiger partial charge is 0.159 e. The maximum absolute atomic E-state index is 13.2. The molecule has 2 heterocycles. The average Bonchev–Trinajstić information content (AvgIpc) is 2.83. The Morgan fingerprint density at radius 1 is 1.16 bits per heavy atom. The molecule has 0 spiro atoms. The van der Waals surface area contributed by atoms with Crippen molar-refractivity contribution < 1.29 is 8.78 Å². The molecule has 0 atom stereocenters. The molecule has 3 aromatic rings. The van der Waals surface area contributed by atoms with Crippen LogP contribution >= 0.6 is 0 Å². The van der Waals surface area contributed by atoms with Crippen molar-refractivity contribution in [2.24, 2.45) is 5.73 Å². The Balaban J connectivity index is 2.11. The first-order valence-electron chi connectivity index (χ1n) is 5.66. The van der Waals surface area contributed by atoms with E-state index in [1.807, 2.05) is 0 Å². The highest BCUT2D eigenvalue weighted by Crippen LogP contribution is 2.20. The average molecular weight is 260 g/mol. The minimum absolute atomic E-state index is 0.336. The van der Waals surface area contributed by atoms with E-state index in [0.29, 0.717) is 23.4 Å². The van der Waals surface area contributed by atoms with Gasteiger partial charge in [0.2, 0.25) is 0 Å². The summed E-state index contributed by atoms with van der Waals surface area (Å²) >= 11 is 0. The molecule has 0 bridgehead atoms. The van der Waals surface area contributed by atoms with Crippen LogP contribution in [0.25, 0.3) is 16.9 Å². The Morgan fingerprint density at radius 2 is 2.00 bits per heavy atom. The van der Waals surface area contributed by atoms with Crippen molar-refractivity contribution in [2.45, 2.75) is 6.54 Å². The molecule has 1 aromatic carbocycles. The molecule has 4 nitrogen and oxygen atoms in total. The second-order valence-corrected chi connectivity index (χ2v) is 4.10. The molecule has 0 amide bonds.